The molecule has 0 spiro atoms. The summed E-state index contributed by atoms with van der Waals surface area (Å²) >= 11 is 0. The van der Waals surface area contributed by atoms with E-state index in [4.69, 9.17) is 10.7 Å². The quantitative estimate of drug-likeness (QED) is 0.641. The molecule has 0 atom stereocenters. The van der Waals surface area contributed by atoms with Gasteiger partial charge in [0.1, 0.15) is 5.82 Å². The first-order valence-electron chi connectivity index (χ1n) is 13.3. The number of amides is 3. The number of carbonyl (C=O) groups is 2. The molecule has 2 heterocycles. The number of nitrogens with zero attached hydrogens (tertiary/aromatic N) is 5. The molecule has 8 heteroatoms. The zero-order chi connectivity index (χ0) is 26.8. The van der Waals surface area contributed by atoms with Gasteiger partial charge in [0, 0.05) is 45.2 Å². The van der Waals surface area contributed by atoms with Crippen LogP contribution in [-0.2, 0) is 10.3 Å². The second-order valence-corrected chi connectivity index (χ2v) is 11.3. The maximum Gasteiger partial charge on any atom is 0.319 e. The summed E-state index contributed by atoms with van der Waals surface area (Å²) in [6, 6.07) is 12.4. The molecule has 1 aromatic heterocycles. The van der Waals surface area contributed by atoms with Crippen LogP contribution in [0.3, 0.4) is 0 Å². The van der Waals surface area contributed by atoms with Crippen LogP contribution in [0.1, 0.15) is 50.7 Å². The minimum atomic E-state index is -0.443. The Morgan fingerprint density at radius 1 is 1.03 bits per heavy atom. The smallest absolute Gasteiger partial charge is 0.319 e. The molecule has 200 valence electrons. The number of hydrogen-bond donors (Lipinski definition) is 1. The number of urea groups is 1. The van der Waals surface area contributed by atoms with Crippen molar-refractivity contribution in [1.82, 2.24) is 14.8 Å². The van der Waals surface area contributed by atoms with Gasteiger partial charge < -0.3 is 15.5 Å². The second kappa shape index (κ2) is 10.7. The third kappa shape index (κ3) is 5.59. The largest absolute Gasteiger partial charge is 0.353 e. The van der Waals surface area contributed by atoms with Gasteiger partial charge in [0.2, 0.25) is 5.91 Å². The van der Waals surface area contributed by atoms with Gasteiger partial charge in [-0.2, -0.15) is 0 Å². The van der Waals surface area contributed by atoms with Crippen molar-refractivity contribution in [2.24, 2.45) is 11.1 Å². The molecule has 1 aliphatic heterocycles. The summed E-state index contributed by atoms with van der Waals surface area (Å²) in [5.74, 6) is 0.982. The summed E-state index contributed by atoms with van der Waals surface area (Å²) in [7, 11) is 4.34. The molecule has 4 rings (SSSR count). The molecule has 0 bridgehead atoms. The summed E-state index contributed by atoms with van der Waals surface area (Å²) in [6.45, 7) is 9.36. The zero-order valence-corrected chi connectivity index (χ0v) is 23.0. The Hall–Kier alpha value is -3.13. The van der Waals surface area contributed by atoms with Gasteiger partial charge in [-0.25, -0.2) is 9.78 Å². The van der Waals surface area contributed by atoms with E-state index in [0.29, 0.717) is 19.6 Å². The molecule has 1 aliphatic carbocycles. The molecule has 0 unspecified atom stereocenters. The fraction of sp³-hybridized carbons (Fsp3) is 0.552. The number of carbonyl (C=O) groups excluding carboxylic acids is 2. The van der Waals surface area contributed by atoms with Crippen LogP contribution in [-0.4, -0.2) is 73.5 Å². The van der Waals surface area contributed by atoms with Gasteiger partial charge in [0.05, 0.1) is 11.9 Å². The number of hydrogen-bond acceptors (Lipinski definition) is 5. The lowest BCUT2D eigenvalue weighted by molar-refractivity contribution is -0.129. The van der Waals surface area contributed by atoms with Gasteiger partial charge in [-0.05, 0) is 69.3 Å². The minimum Gasteiger partial charge on any atom is -0.353 e. The van der Waals surface area contributed by atoms with Crippen LogP contribution in [0.4, 0.5) is 16.3 Å². The first-order valence-corrected chi connectivity index (χ1v) is 13.3. The number of benzene rings is 1. The van der Waals surface area contributed by atoms with E-state index in [1.54, 1.807) is 18.0 Å². The highest BCUT2D eigenvalue weighted by molar-refractivity contribution is 5.91. The summed E-state index contributed by atoms with van der Waals surface area (Å²) in [5.41, 5.74) is 9.00. The Morgan fingerprint density at radius 2 is 1.65 bits per heavy atom. The predicted octanol–water partition coefficient (Wildman–Crippen LogP) is 3.98. The van der Waals surface area contributed by atoms with Crippen LogP contribution in [0.5, 0.6) is 0 Å². The summed E-state index contributed by atoms with van der Waals surface area (Å²) in [4.78, 5) is 37.2. The molecular formula is C29H42N6O2. The maximum absolute atomic E-state index is 12.7. The van der Waals surface area contributed by atoms with Crippen LogP contribution in [0, 0.1) is 12.3 Å². The van der Waals surface area contributed by atoms with Crippen molar-refractivity contribution >= 4 is 23.4 Å². The number of nitrogens with two attached hydrogens (primary N) is 1. The third-order valence-electron chi connectivity index (χ3n) is 8.67. The third-order valence-corrected chi connectivity index (χ3v) is 8.67. The Bertz CT molecular complexity index is 1100. The van der Waals surface area contributed by atoms with Crippen LogP contribution in [0.2, 0.25) is 0 Å². The first-order chi connectivity index (χ1) is 17.5. The van der Waals surface area contributed by atoms with Crippen LogP contribution < -0.4 is 15.5 Å². The second-order valence-electron chi connectivity index (χ2n) is 11.3. The van der Waals surface area contributed by atoms with Crippen molar-refractivity contribution < 1.29 is 9.59 Å². The molecule has 2 fully saturated rings. The topological polar surface area (TPSA) is 86.0 Å². The molecule has 37 heavy (non-hydrogen) atoms. The summed E-state index contributed by atoms with van der Waals surface area (Å²) < 4.78 is 0. The van der Waals surface area contributed by atoms with Gasteiger partial charge in [-0.15, -0.1) is 0 Å². The summed E-state index contributed by atoms with van der Waals surface area (Å²) in [6.07, 6.45) is 5.82. The van der Waals surface area contributed by atoms with Crippen molar-refractivity contribution in [3.63, 3.8) is 0 Å². The lowest BCUT2D eigenvalue weighted by Gasteiger charge is -2.50. The lowest BCUT2D eigenvalue weighted by Crippen LogP contribution is -2.50. The van der Waals surface area contributed by atoms with Crippen LogP contribution in [0.15, 0.2) is 42.6 Å². The molecule has 2 aliphatic rings. The maximum atomic E-state index is 12.7. The molecular weight excluding hydrogens is 464 g/mol. The minimum absolute atomic E-state index is 0.00382. The number of aromatic nitrogens is 1. The SMILES string of the molecule is CC(=O)N1CCN(c2cc(C)c(N(C[C@]3(C)CC[C@@](c4ccccc4)(N(C)C)CC3)C(N)=O)cn2)CC1. The average molecular weight is 507 g/mol. The normalized spacial score (nSPS) is 24.3. The molecule has 2 N–H and O–H groups in total. The highest BCUT2D eigenvalue weighted by Crippen LogP contribution is 2.48. The number of piperazine rings is 1. The van der Waals surface area contributed by atoms with Crippen LogP contribution in [0.25, 0.3) is 0 Å². The van der Waals surface area contributed by atoms with E-state index in [2.05, 4.69) is 61.2 Å². The Balaban J connectivity index is 1.48. The zero-order valence-electron chi connectivity index (χ0n) is 23.0. The standard InChI is InChI=1S/C29H42N6O2/c1-22-19-26(34-17-15-33(16-18-34)23(2)36)31-20-25(22)35(27(30)37)21-28(3)11-13-29(14-12-28,32(4)5)24-9-7-6-8-10-24/h6-10,19-20H,11-18,21H2,1-5H3,(H2,30,37)/t28-,29-. The van der Waals surface area contributed by atoms with E-state index in [1.165, 1.54) is 5.56 Å². The number of aryl methyl sites for hydroxylation is 1. The summed E-state index contributed by atoms with van der Waals surface area (Å²) in [5, 5.41) is 0. The van der Waals surface area contributed by atoms with Crippen molar-refractivity contribution in [3.8, 4) is 0 Å². The highest BCUT2D eigenvalue weighted by Gasteiger charge is 2.44. The van der Waals surface area contributed by atoms with Gasteiger partial charge in [-0.3, -0.25) is 14.6 Å². The molecule has 0 radical (unpaired) electrons. The van der Waals surface area contributed by atoms with E-state index in [0.717, 1.165) is 55.8 Å². The Morgan fingerprint density at radius 3 is 2.16 bits per heavy atom. The predicted molar refractivity (Wildman–Crippen MR) is 149 cm³/mol. The number of primary amides is 1. The fourth-order valence-corrected chi connectivity index (χ4v) is 6.07. The lowest BCUT2D eigenvalue weighted by atomic mass is 9.65. The van der Waals surface area contributed by atoms with Gasteiger partial charge in [-0.1, -0.05) is 37.3 Å². The Kier molecular flexibility index (Phi) is 7.78. The average Bonchev–Trinajstić information content (AvgIpc) is 2.88. The number of pyridine rings is 1. The van der Waals surface area contributed by atoms with Gasteiger partial charge >= 0.3 is 6.03 Å². The van der Waals surface area contributed by atoms with Crippen LogP contribution >= 0.6 is 0 Å². The van der Waals surface area contributed by atoms with E-state index >= 15 is 0 Å². The molecule has 1 saturated carbocycles. The Labute approximate surface area is 221 Å². The number of anilines is 2. The molecule has 3 amide bonds. The molecule has 2 aromatic rings. The van der Waals surface area contributed by atoms with E-state index in [9.17, 15) is 9.59 Å². The van der Waals surface area contributed by atoms with E-state index in [1.807, 2.05) is 17.9 Å². The monoisotopic (exact) mass is 506 g/mol. The van der Waals surface area contributed by atoms with Crippen molar-refractivity contribution in [1.29, 1.82) is 0 Å². The molecule has 1 aromatic carbocycles. The first kappa shape index (κ1) is 26.9. The van der Waals surface area contributed by atoms with Crippen molar-refractivity contribution in [2.45, 2.75) is 52.0 Å². The number of rotatable bonds is 6. The fourth-order valence-electron chi connectivity index (χ4n) is 6.07. The van der Waals surface area contributed by atoms with E-state index in [-0.39, 0.29) is 16.9 Å². The van der Waals surface area contributed by atoms with E-state index < -0.39 is 6.03 Å². The van der Waals surface area contributed by atoms with Gasteiger partial charge in [0.25, 0.3) is 0 Å². The molecule has 8 nitrogen and oxygen atoms in total. The van der Waals surface area contributed by atoms with Crippen molar-refractivity contribution in [3.05, 3.63) is 53.7 Å². The van der Waals surface area contributed by atoms with Gasteiger partial charge in [0.15, 0.2) is 0 Å². The highest BCUT2D eigenvalue weighted by atomic mass is 16.2. The molecule has 1 saturated heterocycles. The van der Waals surface area contributed by atoms with Crippen molar-refractivity contribution in [2.75, 3.05) is 56.6 Å².